The highest BCUT2D eigenvalue weighted by Crippen LogP contribution is 2.18. The molecule has 0 radical (unpaired) electrons. The van der Waals surface area contributed by atoms with Crippen LogP contribution in [0.5, 0.6) is 5.75 Å². The Morgan fingerprint density at radius 3 is 2.95 bits per heavy atom. The second kappa shape index (κ2) is 7.79. The number of pyridine rings is 1. The van der Waals surface area contributed by atoms with Crippen LogP contribution in [0.1, 0.15) is 24.2 Å². The van der Waals surface area contributed by atoms with Gasteiger partial charge in [-0.25, -0.2) is 0 Å². The number of rotatable bonds is 6. The van der Waals surface area contributed by atoms with E-state index in [1.165, 1.54) is 0 Å². The van der Waals surface area contributed by atoms with Crippen LogP contribution in [0, 0.1) is 11.3 Å². The standard InChI is InChI=1S/C17H16N2O3/c1-13(15-5-3-8-19-12-15)22-17(20)11-14-4-2-6-16(10-14)21-9-7-18/h2-6,8,10,12-13H,9,11H2,1H3/t13-/m1/s1. The molecule has 0 unspecified atom stereocenters. The second-order valence-electron chi connectivity index (χ2n) is 4.69. The SMILES string of the molecule is C[C@@H](OC(=O)Cc1cccc(OCC#N)c1)c1cccnc1. The molecule has 1 atom stereocenters. The molecule has 0 aliphatic heterocycles. The molecule has 2 aromatic rings. The molecule has 112 valence electrons. The molecule has 5 heteroatoms. The highest BCUT2D eigenvalue weighted by atomic mass is 16.5. The number of ether oxygens (including phenoxy) is 2. The van der Waals surface area contributed by atoms with Crippen LogP contribution in [0.2, 0.25) is 0 Å². The van der Waals surface area contributed by atoms with Crippen LogP contribution in [-0.2, 0) is 16.0 Å². The van der Waals surface area contributed by atoms with E-state index < -0.39 is 0 Å². The number of carbonyl (C=O) groups is 1. The smallest absolute Gasteiger partial charge is 0.310 e. The van der Waals surface area contributed by atoms with Crippen molar-refractivity contribution in [3.8, 4) is 11.8 Å². The van der Waals surface area contributed by atoms with E-state index in [1.54, 1.807) is 43.6 Å². The molecule has 0 aliphatic carbocycles. The second-order valence-corrected chi connectivity index (χ2v) is 4.69. The zero-order valence-electron chi connectivity index (χ0n) is 12.2. The van der Waals surface area contributed by atoms with Crippen LogP contribution in [0.3, 0.4) is 0 Å². The van der Waals surface area contributed by atoms with Crippen LogP contribution in [-0.4, -0.2) is 17.6 Å². The molecule has 1 heterocycles. The summed E-state index contributed by atoms with van der Waals surface area (Å²) in [5.41, 5.74) is 1.63. The molecule has 0 spiro atoms. The quantitative estimate of drug-likeness (QED) is 0.766. The maximum Gasteiger partial charge on any atom is 0.310 e. The summed E-state index contributed by atoms with van der Waals surface area (Å²) < 4.78 is 10.6. The summed E-state index contributed by atoms with van der Waals surface area (Å²) in [6.07, 6.45) is 3.15. The Bertz CT molecular complexity index is 665. The molecule has 2 rings (SSSR count). The summed E-state index contributed by atoms with van der Waals surface area (Å²) >= 11 is 0. The predicted molar refractivity (Wildman–Crippen MR) is 80.0 cm³/mol. The Balaban J connectivity index is 1.93. The fraction of sp³-hybridized carbons (Fsp3) is 0.235. The van der Waals surface area contributed by atoms with Crippen molar-refractivity contribution in [3.05, 3.63) is 59.9 Å². The van der Waals surface area contributed by atoms with Gasteiger partial charge in [-0.3, -0.25) is 9.78 Å². The van der Waals surface area contributed by atoms with Crippen molar-refractivity contribution < 1.29 is 14.3 Å². The van der Waals surface area contributed by atoms with Crippen molar-refractivity contribution >= 4 is 5.97 Å². The Hall–Kier alpha value is -2.87. The van der Waals surface area contributed by atoms with Crippen LogP contribution >= 0.6 is 0 Å². The molecule has 22 heavy (non-hydrogen) atoms. The maximum atomic E-state index is 12.0. The summed E-state index contributed by atoms with van der Waals surface area (Å²) in [5.74, 6) is 0.237. The molecule has 0 saturated carbocycles. The number of nitriles is 1. The van der Waals surface area contributed by atoms with Gasteiger partial charge >= 0.3 is 5.97 Å². The lowest BCUT2D eigenvalue weighted by molar-refractivity contribution is -0.147. The fourth-order valence-corrected chi connectivity index (χ4v) is 1.95. The lowest BCUT2D eigenvalue weighted by Crippen LogP contribution is -2.11. The minimum Gasteiger partial charge on any atom is -0.479 e. The lowest BCUT2D eigenvalue weighted by atomic mass is 10.1. The topological polar surface area (TPSA) is 72.2 Å². The average Bonchev–Trinajstić information content (AvgIpc) is 2.54. The van der Waals surface area contributed by atoms with Gasteiger partial charge in [-0.05, 0) is 30.7 Å². The molecule has 1 aromatic heterocycles. The summed E-state index contributed by atoms with van der Waals surface area (Å²) in [4.78, 5) is 16.0. The van der Waals surface area contributed by atoms with Gasteiger partial charge < -0.3 is 9.47 Å². The third-order valence-corrected chi connectivity index (χ3v) is 3.01. The molecule has 1 aromatic carbocycles. The van der Waals surface area contributed by atoms with Crippen molar-refractivity contribution in [2.45, 2.75) is 19.4 Å². The van der Waals surface area contributed by atoms with Crippen LogP contribution in [0.4, 0.5) is 0 Å². The first-order valence-corrected chi connectivity index (χ1v) is 6.87. The molecule has 5 nitrogen and oxygen atoms in total. The fourth-order valence-electron chi connectivity index (χ4n) is 1.95. The highest BCUT2D eigenvalue weighted by Gasteiger charge is 2.12. The van der Waals surface area contributed by atoms with Crippen molar-refractivity contribution in [2.75, 3.05) is 6.61 Å². The summed E-state index contributed by atoms with van der Waals surface area (Å²) in [5, 5.41) is 8.50. The molecule has 0 N–H and O–H groups in total. The van der Waals surface area contributed by atoms with E-state index in [4.69, 9.17) is 14.7 Å². The molecule has 0 saturated heterocycles. The lowest BCUT2D eigenvalue weighted by Gasteiger charge is -2.13. The molecule has 0 fully saturated rings. The summed E-state index contributed by atoms with van der Waals surface area (Å²) in [6, 6.07) is 12.6. The van der Waals surface area contributed by atoms with Gasteiger partial charge in [0.25, 0.3) is 0 Å². The van der Waals surface area contributed by atoms with E-state index in [-0.39, 0.29) is 25.1 Å². The van der Waals surface area contributed by atoms with Gasteiger partial charge in [-0.15, -0.1) is 0 Å². The van der Waals surface area contributed by atoms with Crippen LogP contribution in [0.25, 0.3) is 0 Å². The Morgan fingerprint density at radius 1 is 1.36 bits per heavy atom. The van der Waals surface area contributed by atoms with Crippen molar-refractivity contribution in [1.82, 2.24) is 4.98 Å². The average molecular weight is 296 g/mol. The molecule has 0 amide bonds. The molecular weight excluding hydrogens is 280 g/mol. The van der Waals surface area contributed by atoms with Gasteiger partial charge in [0.1, 0.15) is 17.9 Å². The first kappa shape index (κ1) is 15.5. The van der Waals surface area contributed by atoms with Gasteiger partial charge in [0.2, 0.25) is 0 Å². The minimum absolute atomic E-state index is 0.0219. The Kier molecular flexibility index (Phi) is 5.50. The van der Waals surface area contributed by atoms with Crippen LogP contribution in [0.15, 0.2) is 48.8 Å². The van der Waals surface area contributed by atoms with Gasteiger partial charge in [0, 0.05) is 18.0 Å². The normalized spacial score (nSPS) is 11.3. The van der Waals surface area contributed by atoms with E-state index in [0.717, 1.165) is 11.1 Å². The van der Waals surface area contributed by atoms with E-state index in [2.05, 4.69) is 4.98 Å². The van der Waals surface area contributed by atoms with Gasteiger partial charge in [0.15, 0.2) is 6.61 Å². The number of esters is 1. The zero-order chi connectivity index (χ0) is 15.8. The summed E-state index contributed by atoms with van der Waals surface area (Å²) in [7, 11) is 0. The van der Waals surface area contributed by atoms with Crippen LogP contribution < -0.4 is 4.74 Å². The van der Waals surface area contributed by atoms with Crippen molar-refractivity contribution in [1.29, 1.82) is 5.26 Å². The van der Waals surface area contributed by atoms with E-state index >= 15 is 0 Å². The largest absolute Gasteiger partial charge is 0.479 e. The van der Waals surface area contributed by atoms with Gasteiger partial charge in [-0.2, -0.15) is 5.26 Å². The third-order valence-electron chi connectivity index (χ3n) is 3.01. The number of nitrogens with zero attached hydrogens (tertiary/aromatic N) is 2. The van der Waals surface area contributed by atoms with Gasteiger partial charge in [-0.1, -0.05) is 18.2 Å². The Labute approximate surface area is 129 Å². The monoisotopic (exact) mass is 296 g/mol. The predicted octanol–water partition coefficient (Wildman–Crippen LogP) is 2.83. The van der Waals surface area contributed by atoms with Crippen molar-refractivity contribution in [2.24, 2.45) is 0 Å². The zero-order valence-corrected chi connectivity index (χ0v) is 12.2. The van der Waals surface area contributed by atoms with E-state index in [9.17, 15) is 4.79 Å². The van der Waals surface area contributed by atoms with Crippen molar-refractivity contribution in [3.63, 3.8) is 0 Å². The highest BCUT2D eigenvalue weighted by molar-refractivity contribution is 5.73. The maximum absolute atomic E-state index is 12.0. The number of hydrogen-bond donors (Lipinski definition) is 0. The van der Waals surface area contributed by atoms with E-state index in [0.29, 0.717) is 5.75 Å². The number of carbonyl (C=O) groups excluding carboxylic acids is 1. The minimum atomic E-state index is -0.348. The van der Waals surface area contributed by atoms with Gasteiger partial charge in [0.05, 0.1) is 6.42 Å². The Morgan fingerprint density at radius 2 is 2.23 bits per heavy atom. The number of aromatic nitrogens is 1. The van der Waals surface area contributed by atoms with E-state index in [1.807, 2.05) is 18.2 Å². The number of hydrogen-bond acceptors (Lipinski definition) is 5. The number of benzene rings is 1. The first-order valence-electron chi connectivity index (χ1n) is 6.87. The molecule has 0 bridgehead atoms. The molecular formula is C17H16N2O3. The summed E-state index contributed by atoms with van der Waals surface area (Å²) in [6.45, 7) is 1.79. The molecule has 0 aliphatic rings. The third kappa shape index (κ3) is 4.60. The first-order chi connectivity index (χ1) is 10.7.